The van der Waals surface area contributed by atoms with E-state index in [9.17, 15) is 13.2 Å². The molecule has 1 saturated carbocycles. The highest BCUT2D eigenvalue weighted by atomic mass is 79.9. The summed E-state index contributed by atoms with van der Waals surface area (Å²) in [6.45, 7) is 0. The zero-order valence-corrected chi connectivity index (χ0v) is 13.8. The quantitative estimate of drug-likeness (QED) is 0.852. The predicted octanol–water partition coefficient (Wildman–Crippen LogP) is 4.43. The number of benzene rings is 1. The summed E-state index contributed by atoms with van der Waals surface area (Å²) in [6.07, 6.45) is -0.508. The van der Waals surface area contributed by atoms with E-state index in [2.05, 4.69) is 21.2 Å². The van der Waals surface area contributed by atoms with Crippen molar-refractivity contribution >= 4 is 21.6 Å². The molecule has 0 radical (unpaired) electrons. The molecule has 2 rings (SSSR count). The van der Waals surface area contributed by atoms with Gasteiger partial charge in [0.15, 0.2) is 0 Å². The number of rotatable bonds is 3. The SMILES string of the molecule is CNC1CCC(N(C)c2cc(Br)ccc2C(F)(F)F)CC1. The van der Waals surface area contributed by atoms with Gasteiger partial charge in [-0.15, -0.1) is 0 Å². The van der Waals surface area contributed by atoms with Crippen LogP contribution < -0.4 is 10.2 Å². The van der Waals surface area contributed by atoms with Gasteiger partial charge in [-0.2, -0.15) is 13.2 Å². The van der Waals surface area contributed by atoms with Gasteiger partial charge in [-0.1, -0.05) is 15.9 Å². The number of nitrogens with zero attached hydrogens (tertiary/aromatic N) is 1. The number of nitrogens with one attached hydrogen (secondary N) is 1. The Morgan fingerprint density at radius 1 is 1.19 bits per heavy atom. The third-order valence-electron chi connectivity index (χ3n) is 4.30. The lowest BCUT2D eigenvalue weighted by molar-refractivity contribution is -0.137. The second kappa shape index (κ2) is 6.57. The number of alkyl halides is 3. The summed E-state index contributed by atoms with van der Waals surface area (Å²) in [4.78, 5) is 1.79. The van der Waals surface area contributed by atoms with Gasteiger partial charge in [-0.3, -0.25) is 0 Å². The molecule has 0 aliphatic heterocycles. The molecule has 0 bridgehead atoms. The van der Waals surface area contributed by atoms with E-state index in [1.54, 1.807) is 18.0 Å². The van der Waals surface area contributed by atoms with Crippen LogP contribution in [0.4, 0.5) is 18.9 Å². The molecule has 2 nitrogen and oxygen atoms in total. The van der Waals surface area contributed by atoms with E-state index in [1.807, 2.05) is 7.05 Å². The summed E-state index contributed by atoms with van der Waals surface area (Å²) in [5.41, 5.74) is -0.311. The number of anilines is 1. The normalized spacial score (nSPS) is 23.1. The van der Waals surface area contributed by atoms with Gasteiger partial charge in [0.2, 0.25) is 0 Å². The first-order valence-corrected chi connectivity index (χ1v) is 7.89. The zero-order chi connectivity index (χ0) is 15.6. The fraction of sp³-hybridized carbons (Fsp3) is 0.600. The summed E-state index contributed by atoms with van der Waals surface area (Å²) in [6, 6.07) is 4.80. The first-order valence-electron chi connectivity index (χ1n) is 7.09. The van der Waals surface area contributed by atoms with Crippen molar-refractivity contribution in [3.63, 3.8) is 0 Å². The summed E-state index contributed by atoms with van der Waals surface area (Å²) in [5.74, 6) is 0. The van der Waals surface area contributed by atoms with Crippen LogP contribution in [0.15, 0.2) is 22.7 Å². The second-order valence-electron chi connectivity index (χ2n) is 5.56. The summed E-state index contributed by atoms with van der Waals surface area (Å²) in [5, 5.41) is 3.24. The standard InChI is InChI=1S/C15H20BrF3N2/c1-20-11-4-6-12(7-5-11)21(2)14-9-10(16)3-8-13(14)15(17,18)19/h3,8-9,11-12,20H,4-7H2,1-2H3. The third kappa shape index (κ3) is 3.92. The fourth-order valence-corrected chi connectivity index (χ4v) is 3.33. The van der Waals surface area contributed by atoms with Crippen molar-refractivity contribution in [1.29, 1.82) is 0 Å². The van der Waals surface area contributed by atoms with Crippen LogP contribution in [0.25, 0.3) is 0 Å². The van der Waals surface area contributed by atoms with Crippen molar-refractivity contribution in [3.05, 3.63) is 28.2 Å². The Hall–Kier alpha value is -0.750. The van der Waals surface area contributed by atoms with Gasteiger partial charge < -0.3 is 10.2 Å². The topological polar surface area (TPSA) is 15.3 Å². The lowest BCUT2D eigenvalue weighted by atomic mass is 9.90. The fourth-order valence-electron chi connectivity index (χ4n) is 2.98. The molecule has 21 heavy (non-hydrogen) atoms. The van der Waals surface area contributed by atoms with Gasteiger partial charge in [-0.05, 0) is 50.9 Å². The molecule has 0 saturated heterocycles. The molecule has 0 unspecified atom stereocenters. The molecule has 1 aliphatic rings. The van der Waals surface area contributed by atoms with Crippen LogP contribution in [-0.2, 0) is 6.18 Å². The Kier molecular flexibility index (Phi) is 5.20. The van der Waals surface area contributed by atoms with Crippen LogP contribution in [0.3, 0.4) is 0 Å². The van der Waals surface area contributed by atoms with Crippen LogP contribution >= 0.6 is 15.9 Å². The van der Waals surface area contributed by atoms with Crippen molar-refractivity contribution in [1.82, 2.24) is 5.32 Å². The highest BCUT2D eigenvalue weighted by Gasteiger charge is 2.36. The molecule has 0 amide bonds. The smallest absolute Gasteiger partial charge is 0.371 e. The maximum absolute atomic E-state index is 13.2. The van der Waals surface area contributed by atoms with Gasteiger partial charge >= 0.3 is 6.18 Å². The molecule has 1 aromatic carbocycles. The molecule has 1 aromatic rings. The zero-order valence-electron chi connectivity index (χ0n) is 12.2. The number of halogens is 4. The monoisotopic (exact) mass is 364 g/mol. The van der Waals surface area contributed by atoms with Crippen molar-refractivity contribution in [2.75, 3.05) is 19.0 Å². The summed E-state index contributed by atoms with van der Waals surface area (Å²) in [7, 11) is 3.70. The Labute approximate surface area is 131 Å². The summed E-state index contributed by atoms with van der Waals surface area (Å²) >= 11 is 3.27. The Morgan fingerprint density at radius 2 is 1.81 bits per heavy atom. The maximum Gasteiger partial charge on any atom is 0.418 e. The molecule has 0 heterocycles. The van der Waals surface area contributed by atoms with Crippen LogP contribution in [0, 0.1) is 0 Å². The van der Waals surface area contributed by atoms with Crippen molar-refractivity contribution < 1.29 is 13.2 Å². The molecule has 6 heteroatoms. The van der Waals surface area contributed by atoms with Crippen LogP contribution in [0.2, 0.25) is 0 Å². The molecular weight excluding hydrogens is 345 g/mol. The lowest BCUT2D eigenvalue weighted by Crippen LogP contribution is -2.40. The van der Waals surface area contributed by atoms with E-state index in [1.165, 1.54) is 6.07 Å². The molecule has 0 spiro atoms. The minimum atomic E-state index is -4.33. The van der Waals surface area contributed by atoms with Crippen molar-refractivity contribution in [2.24, 2.45) is 0 Å². The Morgan fingerprint density at radius 3 is 2.33 bits per heavy atom. The Bertz CT molecular complexity index is 482. The molecule has 118 valence electrons. The average Bonchev–Trinajstić information content (AvgIpc) is 2.45. The molecule has 1 aliphatic carbocycles. The molecule has 1 N–H and O–H groups in total. The maximum atomic E-state index is 13.2. The number of hydrogen-bond donors (Lipinski definition) is 1. The van der Waals surface area contributed by atoms with Crippen molar-refractivity contribution in [2.45, 2.75) is 43.9 Å². The van der Waals surface area contributed by atoms with E-state index in [-0.39, 0.29) is 11.7 Å². The number of hydrogen-bond acceptors (Lipinski definition) is 2. The van der Waals surface area contributed by atoms with Gasteiger partial charge in [0, 0.05) is 23.6 Å². The van der Waals surface area contributed by atoms with E-state index in [0.717, 1.165) is 31.7 Å². The van der Waals surface area contributed by atoms with E-state index in [0.29, 0.717) is 10.5 Å². The third-order valence-corrected chi connectivity index (χ3v) is 4.79. The molecule has 0 aromatic heterocycles. The minimum absolute atomic E-state index is 0.157. The van der Waals surface area contributed by atoms with Crippen molar-refractivity contribution in [3.8, 4) is 0 Å². The average molecular weight is 365 g/mol. The first kappa shape index (κ1) is 16.6. The van der Waals surface area contributed by atoms with Gasteiger partial charge in [-0.25, -0.2) is 0 Å². The predicted molar refractivity (Wildman–Crippen MR) is 82.7 cm³/mol. The van der Waals surface area contributed by atoms with E-state index < -0.39 is 11.7 Å². The van der Waals surface area contributed by atoms with Gasteiger partial charge in [0.05, 0.1) is 11.3 Å². The lowest BCUT2D eigenvalue weighted by Gasteiger charge is -2.37. The van der Waals surface area contributed by atoms with Gasteiger partial charge in [0.25, 0.3) is 0 Å². The highest BCUT2D eigenvalue weighted by Crippen LogP contribution is 2.39. The second-order valence-corrected chi connectivity index (χ2v) is 6.48. The van der Waals surface area contributed by atoms with E-state index >= 15 is 0 Å². The summed E-state index contributed by atoms with van der Waals surface area (Å²) < 4.78 is 40.2. The molecule has 0 atom stereocenters. The van der Waals surface area contributed by atoms with Crippen LogP contribution in [0.5, 0.6) is 0 Å². The van der Waals surface area contributed by atoms with Crippen LogP contribution in [-0.4, -0.2) is 26.2 Å². The van der Waals surface area contributed by atoms with Gasteiger partial charge in [0.1, 0.15) is 0 Å². The Balaban J connectivity index is 2.23. The molecular formula is C15H20BrF3N2. The molecule has 1 fully saturated rings. The minimum Gasteiger partial charge on any atom is -0.371 e. The largest absolute Gasteiger partial charge is 0.418 e. The van der Waals surface area contributed by atoms with E-state index in [4.69, 9.17) is 0 Å². The van der Waals surface area contributed by atoms with Crippen LogP contribution in [0.1, 0.15) is 31.2 Å². The highest BCUT2D eigenvalue weighted by molar-refractivity contribution is 9.10. The first-order chi connectivity index (χ1) is 9.82.